The van der Waals surface area contributed by atoms with Crippen LogP contribution in [-0.2, 0) is 13.0 Å². The molecule has 1 fully saturated rings. The van der Waals surface area contributed by atoms with Gasteiger partial charge < -0.3 is 10.2 Å². The van der Waals surface area contributed by atoms with Crippen molar-refractivity contribution >= 4 is 0 Å². The lowest BCUT2D eigenvalue weighted by Crippen LogP contribution is -2.49. The first-order valence-corrected chi connectivity index (χ1v) is 6.36. The monoisotopic (exact) mass is 216 g/mol. The predicted molar refractivity (Wildman–Crippen MR) is 66.6 cm³/mol. The van der Waals surface area contributed by atoms with Gasteiger partial charge in [-0.25, -0.2) is 0 Å². The number of benzene rings is 1. The van der Waals surface area contributed by atoms with Crippen LogP contribution in [0, 0.1) is 6.92 Å². The second-order valence-corrected chi connectivity index (χ2v) is 5.15. The Labute approximate surface area is 97.6 Å². The van der Waals surface area contributed by atoms with Crippen molar-refractivity contribution in [1.82, 2.24) is 10.2 Å². The normalized spacial score (nSPS) is 24.9. The number of likely N-dealkylation sites (tertiary alicyclic amines) is 1. The highest BCUT2D eigenvalue weighted by molar-refractivity contribution is 5.36. The molecule has 0 bridgehead atoms. The molecular weight excluding hydrogens is 196 g/mol. The maximum absolute atomic E-state index is 3.67. The van der Waals surface area contributed by atoms with Crippen molar-refractivity contribution in [3.8, 4) is 0 Å². The first-order valence-electron chi connectivity index (χ1n) is 6.36. The van der Waals surface area contributed by atoms with Crippen molar-refractivity contribution in [3.05, 3.63) is 34.9 Å². The summed E-state index contributed by atoms with van der Waals surface area (Å²) < 4.78 is 0. The summed E-state index contributed by atoms with van der Waals surface area (Å²) in [5.41, 5.74) is 4.53. The van der Waals surface area contributed by atoms with Crippen LogP contribution in [-0.4, -0.2) is 30.6 Å². The van der Waals surface area contributed by atoms with E-state index in [-0.39, 0.29) is 0 Å². The SMILES string of the molecule is Cc1cccc2c1CNC(CN1CCC1)C2. The fourth-order valence-corrected chi connectivity index (χ4v) is 2.80. The van der Waals surface area contributed by atoms with Crippen molar-refractivity contribution in [3.63, 3.8) is 0 Å². The van der Waals surface area contributed by atoms with E-state index in [0.29, 0.717) is 6.04 Å². The summed E-state index contributed by atoms with van der Waals surface area (Å²) in [6.07, 6.45) is 2.59. The molecule has 86 valence electrons. The lowest BCUT2D eigenvalue weighted by atomic mass is 9.92. The third-order valence-corrected chi connectivity index (χ3v) is 3.97. The highest BCUT2D eigenvalue weighted by Crippen LogP contribution is 2.21. The van der Waals surface area contributed by atoms with Crippen molar-refractivity contribution in [1.29, 1.82) is 0 Å². The smallest absolute Gasteiger partial charge is 0.0238 e. The standard InChI is InChI=1S/C14H20N2/c1-11-4-2-5-12-8-13(15-9-14(11)12)10-16-6-3-7-16/h2,4-5,13,15H,3,6-10H2,1H3. The molecule has 1 unspecified atom stereocenters. The zero-order chi connectivity index (χ0) is 11.0. The molecular formula is C14H20N2. The van der Waals surface area contributed by atoms with E-state index in [0.717, 1.165) is 6.54 Å². The average Bonchev–Trinajstić information content (AvgIpc) is 2.24. The van der Waals surface area contributed by atoms with Gasteiger partial charge in [-0.1, -0.05) is 18.2 Å². The molecule has 2 aliphatic rings. The van der Waals surface area contributed by atoms with E-state index >= 15 is 0 Å². The Morgan fingerprint density at radius 3 is 3.00 bits per heavy atom. The van der Waals surface area contributed by atoms with Gasteiger partial charge in [0.2, 0.25) is 0 Å². The highest BCUT2D eigenvalue weighted by Gasteiger charge is 2.23. The topological polar surface area (TPSA) is 15.3 Å². The number of aryl methyl sites for hydroxylation is 1. The maximum Gasteiger partial charge on any atom is 0.0238 e. The molecule has 1 N–H and O–H groups in total. The Hall–Kier alpha value is -0.860. The molecule has 0 aromatic heterocycles. The Balaban J connectivity index is 1.70. The minimum absolute atomic E-state index is 0.662. The van der Waals surface area contributed by atoms with Crippen LogP contribution in [0.4, 0.5) is 0 Å². The van der Waals surface area contributed by atoms with Crippen LogP contribution in [0.2, 0.25) is 0 Å². The highest BCUT2D eigenvalue weighted by atomic mass is 15.2. The fourth-order valence-electron chi connectivity index (χ4n) is 2.80. The van der Waals surface area contributed by atoms with E-state index in [4.69, 9.17) is 0 Å². The van der Waals surface area contributed by atoms with Crippen LogP contribution >= 0.6 is 0 Å². The summed E-state index contributed by atoms with van der Waals surface area (Å²) >= 11 is 0. The Morgan fingerprint density at radius 2 is 2.25 bits per heavy atom. The molecule has 3 rings (SSSR count). The Morgan fingerprint density at radius 1 is 1.38 bits per heavy atom. The summed E-state index contributed by atoms with van der Waals surface area (Å²) in [6.45, 7) is 7.11. The van der Waals surface area contributed by atoms with Gasteiger partial charge in [-0.15, -0.1) is 0 Å². The van der Waals surface area contributed by atoms with Gasteiger partial charge in [-0.05, 0) is 49.5 Å². The zero-order valence-electron chi connectivity index (χ0n) is 10.00. The van der Waals surface area contributed by atoms with Crippen LogP contribution in [0.3, 0.4) is 0 Å². The molecule has 16 heavy (non-hydrogen) atoms. The molecule has 2 heteroatoms. The Bertz CT molecular complexity index is 382. The van der Waals surface area contributed by atoms with Crippen LogP contribution in [0.5, 0.6) is 0 Å². The van der Waals surface area contributed by atoms with E-state index in [1.165, 1.54) is 43.6 Å². The van der Waals surface area contributed by atoms with Gasteiger partial charge in [0.1, 0.15) is 0 Å². The average molecular weight is 216 g/mol. The number of nitrogens with zero attached hydrogens (tertiary/aromatic N) is 1. The molecule has 1 aromatic carbocycles. The van der Waals surface area contributed by atoms with Gasteiger partial charge in [-0.3, -0.25) is 0 Å². The van der Waals surface area contributed by atoms with Crippen LogP contribution in [0.15, 0.2) is 18.2 Å². The largest absolute Gasteiger partial charge is 0.308 e. The summed E-state index contributed by atoms with van der Waals surface area (Å²) in [7, 11) is 0. The number of rotatable bonds is 2. The second kappa shape index (κ2) is 4.19. The Kier molecular flexibility index (Phi) is 2.70. The molecule has 0 radical (unpaired) electrons. The van der Waals surface area contributed by atoms with E-state index in [2.05, 4.69) is 35.3 Å². The van der Waals surface area contributed by atoms with Crippen LogP contribution < -0.4 is 5.32 Å². The zero-order valence-corrected chi connectivity index (χ0v) is 10.00. The first-order chi connectivity index (χ1) is 7.83. The molecule has 1 saturated heterocycles. The third-order valence-electron chi connectivity index (χ3n) is 3.97. The van der Waals surface area contributed by atoms with Crippen LogP contribution in [0.1, 0.15) is 23.1 Å². The number of hydrogen-bond donors (Lipinski definition) is 1. The summed E-state index contributed by atoms with van der Waals surface area (Å²) in [5, 5.41) is 3.67. The first kappa shape index (κ1) is 10.3. The third kappa shape index (κ3) is 1.87. The van der Waals surface area contributed by atoms with E-state index in [1.807, 2.05) is 0 Å². The van der Waals surface area contributed by atoms with Gasteiger partial charge in [-0.2, -0.15) is 0 Å². The van der Waals surface area contributed by atoms with Gasteiger partial charge in [0.25, 0.3) is 0 Å². The minimum Gasteiger partial charge on any atom is -0.308 e. The predicted octanol–water partition coefficient (Wildman–Crippen LogP) is 1.72. The molecule has 1 aromatic rings. The maximum atomic E-state index is 3.67. The van der Waals surface area contributed by atoms with Gasteiger partial charge in [0, 0.05) is 19.1 Å². The molecule has 2 heterocycles. The van der Waals surface area contributed by atoms with E-state index in [9.17, 15) is 0 Å². The lowest BCUT2D eigenvalue weighted by Gasteiger charge is -2.36. The molecule has 2 nitrogen and oxygen atoms in total. The second-order valence-electron chi connectivity index (χ2n) is 5.15. The van der Waals surface area contributed by atoms with E-state index in [1.54, 1.807) is 5.56 Å². The molecule has 0 saturated carbocycles. The summed E-state index contributed by atoms with van der Waals surface area (Å²) in [4.78, 5) is 2.55. The molecule has 0 spiro atoms. The van der Waals surface area contributed by atoms with Crippen molar-refractivity contribution in [2.75, 3.05) is 19.6 Å². The molecule has 0 amide bonds. The summed E-state index contributed by atoms with van der Waals surface area (Å²) in [6, 6.07) is 7.37. The lowest BCUT2D eigenvalue weighted by molar-refractivity contribution is 0.158. The number of nitrogens with one attached hydrogen (secondary N) is 1. The van der Waals surface area contributed by atoms with Crippen molar-refractivity contribution < 1.29 is 0 Å². The van der Waals surface area contributed by atoms with Gasteiger partial charge in [0.15, 0.2) is 0 Å². The molecule has 0 aliphatic carbocycles. The quantitative estimate of drug-likeness (QED) is 0.809. The fraction of sp³-hybridized carbons (Fsp3) is 0.571. The minimum atomic E-state index is 0.662. The van der Waals surface area contributed by atoms with Crippen molar-refractivity contribution in [2.24, 2.45) is 0 Å². The summed E-state index contributed by atoms with van der Waals surface area (Å²) in [5.74, 6) is 0. The van der Waals surface area contributed by atoms with Gasteiger partial charge >= 0.3 is 0 Å². The number of fused-ring (bicyclic) bond motifs is 1. The molecule has 1 atom stereocenters. The van der Waals surface area contributed by atoms with Crippen molar-refractivity contribution in [2.45, 2.75) is 32.4 Å². The molecule has 2 aliphatic heterocycles. The number of hydrogen-bond acceptors (Lipinski definition) is 2. The van der Waals surface area contributed by atoms with Gasteiger partial charge in [0.05, 0.1) is 0 Å². The van der Waals surface area contributed by atoms with E-state index < -0.39 is 0 Å². The van der Waals surface area contributed by atoms with Crippen LogP contribution in [0.25, 0.3) is 0 Å².